The highest BCUT2D eigenvalue weighted by Gasteiger charge is 2.07. The molecule has 2 rings (SSSR count). The molecule has 4 heteroatoms. The van der Waals surface area contributed by atoms with Crippen LogP contribution in [-0.2, 0) is 6.61 Å². The fourth-order valence-electron chi connectivity index (χ4n) is 1.68. The number of rotatable bonds is 3. The molecule has 17 heavy (non-hydrogen) atoms. The summed E-state index contributed by atoms with van der Waals surface area (Å²) >= 11 is 1.44. The van der Waals surface area contributed by atoms with Gasteiger partial charge >= 0.3 is 0 Å². The molecule has 0 bridgehead atoms. The van der Waals surface area contributed by atoms with E-state index in [4.69, 9.17) is 10.5 Å². The van der Waals surface area contributed by atoms with Crippen molar-refractivity contribution >= 4 is 16.5 Å². The van der Waals surface area contributed by atoms with Crippen LogP contribution in [0.1, 0.15) is 22.4 Å². The van der Waals surface area contributed by atoms with Crippen molar-refractivity contribution in [2.75, 3.05) is 5.73 Å². The highest BCUT2D eigenvalue weighted by Crippen LogP contribution is 2.26. The summed E-state index contributed by atoms with van der Waals surface area (Å²) in [7, 11) is 0. The second-order valence-corrected chi connectivity index (χ2v) is 5.01. The molecule has 0 radical (unpaired) electrons. The maximum atomic E-state index is 5.84. The molecule has 1 aromatic heterocycles. The van der Waals surface area contributed by atoms with Crippen LogP contribution in [0.4, 0.5) is 5.13 Å². The van der Waals surface area contributed by atoms with Crippen molar-refractivity contribution in [1.82, 2.24) is 4.98 Å². The van der Waals surface area contributed by atoms with Gasteiger partial charge in [-0.1, -0.05) is 12.1 Å². The summed E-state index contributed by atoms with van der Waals surface area (Å²) in [6.45, 7) is 6.69. The zero-order valence-corrected chi connectivity index (χ0v) is 11.1. The number of benzene rings is 1. The fraction of sp³-hybridized carbons (Fsp3) is 0.308. The maximum absolute atomic E-state index is 5.84. The minimum absolute atomic E-state index is 0.471. The third-order valence-electron chi connectivity index (χ3n) is 2.81. The van der Waals surface area contributed by atoms with Gasteiger partial charge in [0.25, 0.3) is 0 Å². The van der Waals surface area contributed by atoms with Gasteiger partial charge in [0.15, 0.2) is 5.13 Å². The Labute approximate surface area is 105 Å². The average molecular weight is 248 g/mol. The van der Waals surface area contributed by atoms with Crippen LogP contribution < -0.4 is 10.5 Å². The largest absolute Gasteiger partial charge is 0.487 e. The van der Waals surface area contributed by atoms with Crippen LogP contribution in [0.5, 0.6) is 5.75 Å². The summed E-state index contributed by atoms with van der Waals surface area (Å²) in [5, 5.41) is 2.51. The van der Waals surface area contributed by atoms with Crippen LogP contribution in [0.2, 0.25) is 0 Å². The van der Waals surface area contributed by atoms with Crippen LogP contribution in [0.15, 0.2) is 17.5 Å². The quantitative estimate of drug-likeness (QED) is 0.907. The molecule has 90 valence electrons. The van der Waals surface area contributed by atoms with E-state index in [0.29, 0.717) is 11.7 Å². The van der Waals surface area contributed by atoms with Crippen LogP contribution in [0, 0.1) is 20.8 Å². The van der Waals surface area contributed by atoms with E-state index in [2.05, 4.69) is 37.9 Å². The first-order valence-electron chi connectivity index (χ1n) is 5.47. The van der Waals surface area contributed by atoms with Crippen LogP contribution in [0.25, 0.3) is 0 Å². The first kappa shape index (κ1) is 11.9. The van der Waals surface area contributed by atoms with Crippen LogP contribution in [0.3, 0.4) is 0 Å². The lowest BCUT2D eigenvalue weighted by molar-refractivity contribution is 0.298. The van der Waals surface area contributed by atoms with E-state index >= 15 is 0 Å². The normalized spacial score (nSPS) is 10.5. The molecule has 2 N–H and O–H groups in total. The van der Waals surface area contributed by atoms with E-state index in [0.717, 1.165) is 17.0 Å². The predicted octanol–water partition coefficient (Wildman–Crippen LogP) is 3.23. The molecule has 0 unspecified atom stereocenters. The van der Waals surface area contributed by atoms with E-state index in [9.17, 15) is 0 Å². The molecule has 0 spiro atoms. The highest BCUT2D eigenvalue weighted by molar-refractivity contribution is 7.13. The van der Waals surface area contributed by atoms with Crippen LogP contribution in [-0.4, -0.2) is 4.98 Å². The summed E-state index contributed by atoms with van der Waals surface area (Å²) in [6, 6.07) is 4.19. The number of aryl methyl sites for hydroxylation is 2. The third-order valence-corrected chi connectivity index (χ3v) is 3.53. The van der Waals surface area contributed by atoms with Crippen molar-refractivity contribution in [3.63, 3.8) is 0 Å². The van der Waals surface area contributed by atoms with Gasteiger partial charge in [-0.05, 0) is 37.5 Å². The standard InChI is InChI=1S/C13H16N2OS/c1-8-4-5-9(2)12(10(8)3)16-6-11-7-17-13(14)15-11/h4-5,7H,6H2,1-3H3,(H2,14,15). The molecule has 0 amide bonds. The summed E-state index contributed by atoms with van der Waals surface area (Å²) < 4.78 is 5.84. The maximum Gasteiger partial charge on any atom is 0.180 e. The molecule has 0 aliphatic heterocycles. The Morgan fingerprint density at radius 3 is 2.59 bits per heavy atom. The smallest absolute Gasteiger partial charge is 0.180 e. The minimum atomic E-state index is 0.471. The van der Waals surface area contributed by atoms with Crippen molar-refractivity contribution in [2.24, 2.45) is 0 Å². The Bertz CT molecular complexity index is 534. The molecule has 0 saturated carbocycles. The van der Waals surface area contributed by atoms with E-state index in [1.807, 2.05) is 5.38 Å². The van der Waals surface area contributed by atoms with Crippen molar-refractivity contribution < 1.29 is 4.74 Å². The molecule has 0 aliphatic rings. The van der Waals surface area contributed by atoms with Crippen molar-refractivity contribution in [3.8, 4) is 5.75 Å². The Morgan fingerprint density at radius 1 is 1.24 bits per heavy atom. The van der Waals surface area contributed by atoms with Crippen molar-refractivity contribution in [2.45, 2.75) is 27.4 Å². The van der Waals surface area contributed by atoms with E-state index in [-0.39, 0.29) is 0 Å². The number of nitrogens with two attached hydrogens (primary N) is 1. The summed E-state index contributed by atoms with van der Waals surface area (Å²) in [5.41, 5.74) is 10.0. The van der Waals surface area contributed by atoms with Gasteiger partial charge in [0.05, 0.1) is 5.69 Å². The average Bonchev–Trinajstić information content (AvgIpc) is 2.70. The summed E-state index contributed by atoms with van der Waals surface area (Å²) in [4.78, 5) is 4.18. The minimum Gasteiger partial charge on any atom is -0.487 e. The Morgan fingerprint density at radius 2 is 1.94 bits per heavy atom. The number of hydrogen-bond donors (Lipinski definition) is 1. The van der Waals surface area contributed by atoms with Gasteiger partial charge < -0.3 is 10.5 Å². The summed E-state index contributed by atoms with van der Waals surface area (Å²) in [6.07, 6.45) is 0. The second-order valence-electron chi connectivity index (χ2n) is 4.12. The number of aromatic nitrogens is 1. The number of nitrogens with zero attached hydrogens (tertiary/aromatic N) is 1. The van der Waals surface area contributed by atoms with E-state index < -0.39 is 0 Å². The molecular formula is C13H16N2OS. The van der Waals surface area contributed by atoms with Gasteiger partial charge in [-0.3, -0.25) is 0 Å². The van der Waals surface area contributed by atoms with E-state index in [1.165, 1.54) is 22.5 Å². The molecule has 1 aromatic carbocycles. The van der Waals surface area contributed by atoms with Crippen molar-refractivity contribution in [1.29, 1.82) is 0 Å². The Balaban J connectivity index is 2.16. The van der Waals surface area contributed by atoms with Gasteiger partial charge in [-0.2, -0.15) is 0 Å². The molecule has 0 atom stereocenters. The number of anilines is 1. The topological polar surface area (TPSA) is 48.1 Å². The summed E-state index contributed by atoms with van der Waals surface area (Å²) in [5.74, 6) is 0.955. The van der Waals surface area contributed by atoms with Gasteiger partial charge in [-0.25, -0.2) is 4.98 Å². The molecular weight excluding hydrogens is 232 g/mol. The molecule has 0 fully saturated rings. The van der Waals surface area contributed by atoms with Gasteiger partial charge in [0, 0.05) is 5.38 Å². The lowest BCUT2D eigenvalue weighted by atomic mass is 10.1. The predicted molar refractivity (Wildman–Crippen MR) is 71.5 cm³/mol. The first-order chi connectivity index (χ1) is 8.08. The molecule has 0 saturated heterocycles. The zero-order valence-electron chi connectivity index (χ0n) is 10.3. The second kappa shape index (κ2) is 4.75. The number of ether oxygens (including phenoxy) is 1. The SMILES string of the molecule is Cc1ccc(C)c(OCc2csc(N)n2)c1C. The molecule has 3 nitrogen and oxygen atoms in total. The van der Waals surface area contributed by atoms with E-state index in [1.54, 1.807) is 0 Å². The first-order valence-corrected chi connectivity index (χ1v) is 6.35. The van der Waals surface area contributed by atoms with Gasteiger partial charge in [0.1, 0.15) is 12.4 Å². The third kappa shape index (κ3) is 2.58. The fourth-order valence-corrected chi connectivity index (χ4v) is 2.23. The van der Waals surface area contributed by atoms with Gasteiger partial charge in [0.2, 0.25) is 0 Å². The zero-order chi connectivity index (χ0) is 12.4. The monoisotopic (exact) mass is 248 g/mol. The molecule has 1 heterocycles. The number of nitrogen functional groups attached to an aromatic ring is 1. The van der Waals surface area contributed by atoms with Crippen molar-refractivity contribution in [3.05, 3.63) is 39.9 Å². The number of hydrogen-bond acceptors (Lipinski definition) is 4. The molecule has 2 aromatic rings. The lowest BCUT2D eigenvalue weighted by Crippen LogP contribution is -2.00. The number of thiazole rings is 1. The molecule has 0 aliphatic carbocycles. The lowest BCUT2D eigenvalue weighted by Gasteiger charge is -2.12. The van der Waals surface area contributed by atoms with Crippen LogP contribution >= 0.6 is 11.3 Å². The Hall–Kier alpha value is -1.55. The van der Waals surface area contributed by atoms with Gasteiger partial charge in [-0.15, -0.1) is 11.3 Å². The highest BCUT2D eigenvalue weighted by atomic mass is 32.1. The Kier molecular flexibility index (Phi) is 3.33.